The molecule has 0 fully saturated rings. The van der Waals surface area contributed by atoms with Crippen molar-refractivity contribution in [3.05, 3.63) is 68.4 Å². The lowest BCUT2D eigenvalue weighted by atomic mass is 9.84. The summed E-state index contributed by atoms with van der Waals surface area (Å²) >= 11 is 6.19. The van der Waals surface area contributed by atoms with Crippen LogP contribution >= 0.6 is 11.6 Å². The fourth-order valence-corrected chi connectivity index (χ4v) is 4.36. The molecule has 0 radical (unpaired) electrons. The molecule has 1 aromatic carbocycles. The van der Waals surface area contributed by atoms with Gasteiger partial charge in [0.2, 0.25) is 0 Å². The molecule has 168 valence electrons. The largest absolute Gasteiger partial charge is 0.388 e. The molecule has 0 unspecified atom stereocenters. The smallest absolute Gasteiger partial charge is 0.350 e. The predicted octanol–water partition coefficient (Wildman–Crippen LogP) is 2.69. The summed E-state index contributed by atoms with van der Waals surface area (Å²) in [7, 11) is 0. The highest BCUT2D eigenvalue weighted by Gasteiger charge is 2.36. The van der Waals surface area contributed by atoms with Crippen molar-refractivity contribution in [2.75, 3.05) is 11.4 Å². The number of carbonyl (C=O) groups excluding carboxylic acids is 1. The molecule has 1 atom stereocenters. The fraction of sp³-hybridized carbons (Fsp3) is 0.333. The van der Waals surface area contributed by atoms with Gasteiger partial charge in [-0.1, -0.05) is 23.8 Å². The van der Waals surface area contributed by atoms with Gasteiger partial charge < -0.3 is 10.0 Å². The third-order valence-electron chi connectivity index (χ3n) is 5.70. The van der Waals surface area contributed by atoms with Crippen molar-refractivity contribution in [1.29, 1.82) is 0 Å². The van der Waals surface area contributed by atoms with Gasteiger partial charge in [-0.05, 0) is 38.5 Å². The zero-order valence-corrected chi connectivity index (χ0v) is 18.6. The number of hydrogen-bond acceptors (Lipinski definition) is 5. The van der Waals surface area contributed by atoms with E-state index in [-0.39, 0.29) is 41.2 Å². The first-order valence-electron chi connectivity index (χ1n) is 10.0. The Bertz CT molecular complexity index is 1290. The number of aromatic nitrogens is 5. The molecule has 2 aromatic heterocycles. The minimum absolute atomic E-state index is 0.0966. The van der Waals surface area contributed by atoms with Gasteiger partial charge in [0.15, 0.2) is 11.0 Å². The molecule has 2 N–H and O–H groups in total. The van der Waals surface area contributed by atoms with Crippen molar-refractivity contribution >= 4 is 23.2 Å². The second-order valence-electron chi connectivity index (χ2n) is 7.71. The number of carbonyl (C=O) groups is 1. The van der Waals surface area contributed by atoms with Crippen molar-refractivity contribution in [2.45, 2.75) is 39.8 Å². The van der Waals surface area contributed by atoms with Crippen LogP contribution in [0.15, 0.2) is 29.1 Å². The van der Waals surface area contributed by atoms with E-state index < -0.39 is 24.0 Å². The molecule has 1 aliphatic rings. The number of hydrogen-bond donors (Lipinski definition) is 2. The number of amides is 1. The van der Waals surface area contributed by atoms with Gasteiger partial charge in [-0.15, -0.1) is 5.10 Å². The maximum absolute atomic E-state index is 15.2. The number of nitrogens with zero attached hydrogens (tertiary/aromatic N) is 5. The maximum atomic E-state index is 15.2. The van der Waals surface area contributed by atoms with Crippen LogP contribution in [0.4, 0.5) is 10.1 Å². The molecule has 1 amide bonds. The molecule has 0 saturated heterocycles. The standard InChI is InChI=1S/C21H22ClFN6O3/c1-5-27-17(9-30)26-29(21(27)32)16-7-12-13(6-15(16)23)20(31)28(8-14(12)10(2)3)18-11(4)24-25-19(18)22/h6-7,14,30H,2,5,8-9H2,1,3-4H3,(H,24,25)/t14-/m1/s1. The first kappa shape index (κ1) is 22.0. The van der Waals surface area contributed by atoms with Gasteiger partial charge in [0, 0.05) is 24.6 Å². The van der Waals surface area contributed by atoms with E-state index in [1.54, 1.807) is 13.8 Å². The zero-order valence-electron chi connectivity index (χ0n) is 17.8. The summed E-state index contributed by atoms with van der Waals surface area (Å²) in [6.07, 6.45) is 0. The number of aliphatic hydroxyl groups is 1. The minimum atomic E-state index is -0.790. The molecule has 1 aliphatic heterocycles. The lowest BCUT2D eigenvalue weighted by Crippen LogP contribution is -2.41. The highest BCUT2D eigenvalue weighted by atomic mass is 35.5. The normalized spacial score (nSPS) is 15.9. The average molecular weight is 461 g/mol. The van der Waals surface area contributed by atoms with Gasteiger partial charge >= 0.3 is 5.69 Å². The molecule has 3 aromatic rings. The zero-order chi connectivity index (χ0) is 23.3. The summed E-state index contributed by atoms with van der Waals surface area (Å²) in [6.45, 7) is 9.36. The van der Waals surface area contributed by atoms with Gasteiger partial charge in [0.1, 0.15) is 23.8 Å². The van der Waals surface area contributed by atoms with Crippen LogP contribution < -0.4 is 10.6 Å². The summed E-state index contributed by atoms with van der Waals surface area (Å²) in [6, 6.07) is 2.56. The summed E-state index contributed by atoms with van der Waals surface area (Å²) in [5.41, 5.74) is 1.80. The Morgan fingerprint density at radius 1 is 1.41 bits per heavy atom. The van der Waals surface area contributed by atoms with Crippen molar-refractivity contribution < 1.29 is 14.3 Å². The van der Waals surface area contributed by atoms with Crippen LogP contribution in [-0.4, -0.2) is 42.1 Å². The Balaban J connectivity index is 1.91. The Labute approximate surface area is 187 Å². The number of H-pyrrole nitrogens is 1. The Kier molecular flexibility index (Phi) is 5.51. The molecule has 11 heteroatoms. The van der Waals surface area contributed by atoms with Gasteiger partial charge in [-0.25, -0.2) is 9.18 Å². The monoisotopic (exact) mass is 460 g/mol. The Morgan fingerprint density at radius 2 is 2.12 bits per heavy atom. The number of benzene rings is 1. The number of aryl methyl sites for hydroxylation is 1. The van der Waals surface area contributed by atoms with E-state index in [0.29, 0.717) is 16.9 Å². The van der Waals surface area contributed by atoms with Crippen LogP contribution in [0.5, 0.6) is 0 Å². The molecular formula is C21H22ClFN6O3. The molecule has 0 spiro atoms. The predicted molar refractivity (Wildman–Crippen MR) is 117 cm³/mol. The minimum Gasteiger partial charge on any atom is -0.388 e. The molecule has 3 heterocycles. The van der Waals surface area contributed by atoms with E-state index in [9.17, 15) is 14.7 Å². The third-order valence-corrected chi connectivity index (χ3v) is 5.96. The fourth-order valence-electron chi connectivity index (χ4n) is 4.07. The first-order chi connectivity index (χ1) is 15.2. The molecule has 4 rings (SSSR count). The lowest BCUT2D eigenvalue weighted by Gasteiger charge is -2.35. The Morgan fingerprint density at radius 3 is 2.66 bits per heavy atom. The average Bonchev–Trinajstić information content (AvgIpc) is 3.26. The topological polar surface area (TPSA) is 109 Å². The van der Waals surface area contributed by atoms with Gasteiger partial charge in [0.25, 0.3) is 5.91 Å². The number of halogens is 2. The van der Waals surface area contributed by atoms with Crippen molar-refractivity contribution in [2.24, 2.45) is 0 Å². The number of fused-ring (bicyclic) bond motifs is 1. The highest BCUT2D eigenvalue weighted by Crippen LogP contribution is 2.39. The van der Waals surface area contributed by atoms with E-state index in [1.165, 1.54) is 15.5 Å². The van der Waals surface area contributed by atoms with Gasteiger partial charge in [-0.2, -0.15) is 9.78 Å². The molecule has 32 heavy (non-hydrogen) atoms. The lowest BCUT2D eigenvalue weighted by molar-refractivity contribution is 0.0977. The number of rotatable bonds is 5. The van der Waals surface area contributed by atoms with Gasteiger partial charge in [-0.3, -0.25) is 14.5 Å². The van der Waals surface area contributed by atoms with Crippen LogP contribution in [0, 0.1) is 12.7 Å². The molecule has 0 bridgehead atoms. The van der Waals surface area contributed by atoms with E-state index in [1.807, 2.05) is 6.92 Å². The van der Waals surface area contributed by atoms with Crippen molar-refractivity contribution in [3.63, 3.8) is 0 Å². The SMILES string of the molecule is C=C(C)[C@H]1CN(c2c(Cl)n[nH]c2C)C(=O)c2cc(F)c(-n3nc(CO)n(CC)c3=O)cc21. The van der Waals surface area contributed by atoms with E-state index in [0.717, 1.165) is 16.3 Å². The summed E-state index contributed by atoms with van der Waals surface area (Å²) < 4.78 is 17.4. The summed E-state index contributed by atoms with van der Waals surface area (Å²) in [5.74, 6) is -1.44. The van der Waals surface area contributed by atoms with Crippen molar-refractivity contribution in [1.82, 2.24) is 24.5 Å². The number of aromatic amines is 1. The maximum Gasteiger partial charge on any atom is 0.350 e. The van der Waals surface area contributed by atoms with E-state index in [2.05, 4.69) is 21.9 Å². The highest BCUT2D eigenvalue weighted by molar-refractivity contribution is 6.33. The van der Waals surface area contributed by atoms with Crippen LogP contribution in [0.1, 0.15) is 47.2 Å². The van der Waals surface area contributed by atoms with Crippen molar-refractivity contribution in [3.8, 4) is 5.69 Å². The Hall–Kier alpha value is -3.24. The van der Waals surface area contributed by atoms with E-state index in [4.69, 9.17) is 11.6 Å². The summed E-state index contributed by atoms with van der Waals surface area (Å²) in [5, 5.41) is 20.4. The van der Waals surface area contributed by atoms with Crippen LogP contribution in [0.25, 0.3) is 5.69 Å². The molecule has 0 saturated carbocycles. The second-order valence-corrected chi connectivity index (χ2v) is 8.06. The number of aliphatic hydroxyl groups excluding tert-OH is 1. The molecular weight excluding hydrogens is 439 g/mol. The number of anilines is 1. The second kappa shape index (κ2) is 8.03. The molecule has 0 aliphatic carbocycles. The third kappa shape index (κ3) is 3.26. The quantitative estimate of drug-likeness (QED) is 0.569. The van der Waals surface area contributed by atoms with E-state index >= 15 is 4.39 Å². The first-order valence-corrected chi connectivity index (χ1v) is 10.4. The van der Waals surface area contributed by atoms with Crippen LogP contribution in [0.3, 0.4) is 0 Å². The van der Waals surface area contributed by atoms with Crippen LogP contribution in [0.2, 0.25) is 5.15 Å². The summed E-state index contributed by atoms with van der Waals surface area (Å²) in [4.78, 5) is 27.5. The number of nitrogens with one attached hydrogen (secondary N) is 1. The van der Waals surface area contributed by atoms with Crippen LogP contribution in [-0.2, 0) is 13.2 Å². The molecule has 9 nitrogen and oxygen atoms in total. The van der Waals surface area contributed by atoms with Gasteiger partial charge in [0.05, 0.1) is 5.69 Å².